The van der Waals surface area contributed by atoms with Crippen LogP contribution in [0.5, 0.6) is 0 Å². The fourth-order valence-corrected chi connectivity index (χ4v) is 2.67. The van der Waals surface area contributed by atoms with E-state index in [-0.39, 0.29) is 0 Å². The van der Waals surface area contributed by atoms with Gasteiger partial charge in [-0.25, -0.2) is 8.78 Å². The van der Waals surface area contributed by atoms with E-state index in [1.807, 2.05) is 19.1 Å². The molecule has 0 bridgehead atoms. The molecule has 0 fully saturated rings. The van der Waals surface area contributed by atoms with Gasteiger partial charge in [-0.3, -0.25) is 0 Å². The fourth-order valence-electron chi connectivity index (χ4n) is 2.06. The fraction of sp³-hybridized carbons (Fsp3) is 0.200. The number of benzene rings is 2. The average molecular weight is 361 g/mol. The van der Waals surface area contributed by atoms with E-state index in [1.165, 1.54) is 12.1 Å². The van der Waals surface area contributed by atoms with Crippen LogP contribution < -0.4 is 5.32 Å². The van der Waals surface area contributed by atoms with E-state index in [1.54, 1.807) is 6.07 Å². The highest BCUT2D eigenvalue weighted by molar-refractivity contribution is 9.10. The number of nitrogens with one attached hydrogen (secondary N) is 1. The van der Waals surface area contributed by atoms with Crippen molar-refractivity contribution in [2.45, 2.75) is 13.0 Å². The summed E-state index contributed by atoms with van der Waals surface area (Å²) in [5, 5.41) is 3.71. The van der Waals surface area contributed by atoms with Crippen molar-refractivity contribution < 1.29 is 8.78 Å². The van der Waals surface area contributed by atoms with Gasteiger partial charge in [-0.15, -0.1) is 0 Å². The molecule has 106 valence electrons. The Morgan fingerprint density at radius 3 is 2.55 bits per heavy atom. The van der Waals surface area contributed by atoms with Crippen LogP contribution in [0.2, 0.25) is 5.02 Å². The van der Waals surface area contributed by atoms with Gasteiger partial charge in [0.15, 0.2) is 0 Å². The molecule has 2 aromatic rings. The minimum absolute atomic E-state index is 0.369. The molecule has 0 saturated heterocycles. The van der Waals surface area contributed by atoms with Crippen molar-refractivity contribution in [3.63, 3.8) is 0 Å². The smallest absolute Gasteiger partial charge is 0.131 e. The summed E-state index contributed by atoms with van der Waals surface area (Å²) in [6, 6.07) is 8.53. The van der Waals surface area contributed by atoms with E-state index >= 15 is 0 Å². The molecule has 0 heterocycles. The van der Waals surface area contributed by atoms with E-state index in [0.717, 1.165) is 16.1 Å². The molecule has 0 amide bonds. The topological polar surface area (TPSA) is 12.0 Å². The first kappa shape index (κ1) is 15.4. The second-order valence-electron chi connectivity index (χ2n) is 4.32. The van der Waals surface area contributed by atoms with Crippen molar-refractivity contribution in [2.24, 2.45) is 0 Å². The summed E-state index contributed by atoms with van der Waals surface area (Å²) in [6.07, 6.45) is 0. The van der Waals surface area contributed by atoms with Crippen molar-refractivity contribution in [3.05, 3.63) is 68.7 Å². The van der Waals surface area contributed by atoms with E-state index < -0.39 is 17.7 Å². The molecule has 0 spiro atoms. The predicted molar refractivity (Wildman–Crippen MR) is 81.0 cm³/mol. The number of halogens is 4. The molecule has 1 unspecified atom stereocenters. The van der Waals surface area contributed by atoms with E-state index in [4.69, 9.17) is 11.6 Å². The van der Waals surface area contributed by atoms with Crippen molar-refractivity contribution in [1.29, 1.82) is 0 Å². The van der Waals surface area contributed by atoms with E-state index in [0.29, 0.717) is 17.1 Å². The summed E-state index contributed by atoms with van der Waals surface area (Å²) in [6.45, 7) is 2.55. The summed E-state index contributed by atoms with van der Waals surface area (Å²) in [7, 11) is 0. The van der Waals surface area contributed by atoms with Crippen LogP contribution in [0.15, 0.2) is 40.9 Å². The summed E-state index contributed by atoms with van der Waals surface area (Å²) < 4.78 is 27.9. The Bertz CT molecular complexity index is 619. The van der Waals surface area contributed by atoms with Gasteiger partial charge < -0.3 is 5.32 Å². The molecule has 0 saturated carbocycles. The Morgan fingerprint density at radius 2 is 1.90 bits per heavy atom. The van der Waals surface area contributed by atoms with Crippen LogP contribution in [-0.2, 0) is 0 Å². The maximum Gasteiger partial charge on any atom is 0.131 e. The van der Waals surface area contributed by atoms with Crippen LogP contribution in [0.4, 0.5) is 8.78 Å². The zero-order valence-electron chi connectivity index (χ0n) is 10.8. The molecule has 2 rings (SSSR count). The summed E-state index contributed by atoms with van der Waals surface area (Å²) in [4.78, 5) is 0. The SMILES string of the molecule is CCNC(c1ccc(F)cc1F)c1cc(Br)ccc1Cl. The standard InChI is InChI=1S/C15H13BrClF2N/c1-2-20-15(11-5-4-10(18)8-14(11)19)12-7-9(16)3-6-13(12)17/h3-8,15,20H,2H2,1H3. The molecule has 0 aliphatic carbocycles. The van der Waals surface area contributed by atoms with E-state index in [9.17, 15) is 8.78 Å². The van der Waals surface area contributed by atoms with Crippen LogP contribution in [0.3, 0.4) is 0 Å². The van der Waals surface area contributed by atoms with Gasteiger partial charge in [0.1, 0.15) is 11.6 Å². The van der Waals surface area contributed by atoms with Crippen molar-refractivity contribution in [2.75, 3.05) is 6.54 Å². The van der Waals surface area contributed by atoms with Gasteiger partial charge >= 0.3 is 0 Å². The highest BCUT2D eigenvalue weighted by Crippen LogP contribution is 2.32. The number of rotatable bonds is 4. The molecule has 1 nitrogen and oxygen atoms in total. The first-order chi connectivity index (χ1) is 9.52. The third-order valence-corrected chi connectivity index (χ3v) is 3.79. The average Bonchev–Trinajstić information content (AvgIpc) is 2.40. The van der Waals surface area contributed by atoms with Crippen LogP contribution in [-0.4, -0.2) is 6.54 Å². The Hall–Kier alpha value is -0.970. The van der Waals surface area contributed by atoms with Gasteiger partial charge in [-0.05, 0) is 36.4 Å². The minimum Gasteiger partial charge on any atom is -0.306 e. The van der Waals surface area contributed by atoms with Crippen LogP contribution in [0.25, 0.3) is 0 Å². The lowest BCUT2D eigenvalue weighted by Gasteiger charge is -2.21. The van der Waals surface area contributed by atoms with Gasteiger partial charge in [0.2, 0.25) is 0 Å². The van der Waals surface area contributed by atoms with Gasteiger partial charge in [0, 0.05) is 21.1 Å². The largest absolute Gasteiger partial charge is 0.306 e. The van der Waals surface area contributed by atoms with Crippen molar-refractivity contribution >= 4 is 27.5 Å². The monoisotopic (exact) mass is 359 g/mol. The molecule has 2 aromatic carbocycles. The Morgan fingerprint density at radius 1 is 1.15 bits per heavy atom. The van der Waals surface area contributed by atoms with Gasteiger partial charge in [0.25, 0.3) is 0 Å². The first-order valence-corrected chi connectivity index (χ1v) is 7.33. The van der Waals surface area contributed by atoms with Crippen molar-refractivity contribution in [3.8, 4) is 0 Å². The quantitative estimate of drug-likeness (QED) is 0.802. The second-order valence-corrected chi connectivity index (χ2v) is 5.65. The maximum absolute atomic E-state index is 14.0. The summed E-state index contributed by atoms with van der Waals surface area (Å²) in [5.41, 5.74) is 1.11. The van der Waals surface area contributed by atoms with Crippen LogP contribution in [0.1, 0.15) is 24.1 Å². The molecule has 0 aliphatic heterocycles. The van der Waals surface area contributed by atoms with Crippen LogP contribution in [0, 0.1) is 11.6 Å². The highest BCUT2D eigenvalue weighted by Gasteiger charge is 2.20. The molecule has 20 heavy (non-hydrogen) atoms. The second kappa shape index (κ2) is 6.66. The van der Waals surface area contributed by atoms with Crippen LogP contribution >= 0.6 is 27.5 Å². The lowest BCUT2D eigenvalue weighted by atomic mass is 9.98. The molecule has 1 atom stereocenters. The summed E-state index contributed by atoms with van der Waals surface area (Å²) in [5.74, 6) is -1.19. The number of hydrogen-bond acceptors (Lipinski definition) is 1. The number of hydrogen-bond donors (Lipinski definition) is 1. The zero-order chi connectivity index (χ0) is 14.7. The Kier molecular flexibility index (Phi) is 5.13. The summed E-state index contributed by atoms with van der Waals surface area (Å²) >= 11 is 9.58. The first-order valence-electron chi connectivity index (χ1n) is 6.16. The third kappa shape index (κ3) is 3.37. The third-order valence-electron chi connectivity index (χ3n) is 2.95. The Balaban J connectivity index is 2.53. The minimum atomic E-state index is -0.596. The molecule has 1 N–H and O–H groups in total. The van der Waals surface area contributed by atoms with E-state index in [2.05, 4.69) is 21.2 Å². The zero-order valence-corrected chi connectivity index (χ0v) is 13.1. The molecule has 5 heteroatoms. The lowest BCUT2D eigenvalue weighted by molar-refractivity contribution is 0.541. The van der Waals surface area contributed by atoms with Gasteiger partial charge in [0.05, 0.1) is 6.04 Å². The molecule has 0 radical (unpaired) electrons. The van der Waals surface area contributed by atoms with Gasteiger partial charge in [-0.2, -0.15) is 0 Å². The lowest BCUT2D eigenvalue weighted by Crippen LogP contribution is -2.23. The normalized spacial score (nSPS) is 12.4. The Labute approximate surface area is 130 Å². The predicted octanol–water partition coefficient (Wildman–Crippen LogP) is 5.08. The maximum atomic E-state index is 14.0. The molecule has 0 aliphatic rings. The molecular formula is C15H13BrClF2N. The molecule has 0 aromatic heterocycles. The molecular weight excluding hydrogens is 348 g/mol. The van der Waals surface area contributed by atoms with Gasteiger partial charge in [-0.1, -0.05) is 40.5 Å². The van der Waals surface area contributed by atoms with Crippen molar-refractivity contribution in [1.82, 2.24) is 5.32 Å². The highest BCUT2D eigenvalue weighted by atomic mass is 79.9.